The molecule has 2 rings (SSSR count). The molecule has 0 aromatic heterocycles. The second kappa shape index (κ2) is 5.94. The molecule has 0 aliphatic carbocycles. The molecule has 1 amide bonds. The second-order valence-electron chi connectivity index (χ2n) is 3.81. The van der Waals surface area contributed by atoms with Gasteiger partial charge in [-0.1, -0.05) is 27.5 Å². The van der Waals surface area contributed by atoms with Crippen LogP contribution in [0.5, 0.6) is 0 Å². The van der Waals surface area contributed by atoms with E-state index in [1.54, 1.807) is 30.3 Å². The Balaban J connectivity index is 2.25. The Morgan fingerprint density at radius 2 is 1.89 bits per heavy atom. The molecule has 0 aliphatic heterocycles. The molecule has 0 aliphatic rings. The van der Waals surface area contributed by atoms with Crippen LogP contribution in [0.15, 0.2) is 45.3 Å². The molecule has 6 heteroatoms. The van der Waals surface area contributed by atoms with Crippen LogP contribution in [-0.4, -0.2) is 5.91 Å². The second-order valence-corrected chi connectivity index (χ2v) is 5.99. The van der Waals surface area contributed by atoms with E-state index in [9.17, 15) is 4.79 Å². The van der Waals surface area contributed by atoms with Crippen molar-refractivity contribution in [2.45, 2.75) is 0 Å². The van der Waals surface area contributed by atoms with Crippen LogP contribution in [0.1, 0.15) is 10.4 Å². The standard InChI is InChI=1S/C13H9Br2ClN2O/c14-7-1-3-10(15)9(5-7)13(19)18-8-2-4-11(16)12(17)6-8/h1-6H,17H2,(H,18,19). The third kappa shape index (κ3) is 3.49. The number of nitrogens with two attached hydrogens (primary N) is 1. The first kappa shape index (κ1) is 14.4. The van der Waals surface area contributed by atoms with Crippen molar-refractivity contribution >= 4 is 60.7 Å². The van der Waals surface area contributed by atoms with Crippen LogP contribution in [0, 0.1) is 0 Å². The smallest absolute Gasteiger partial charge is 0.256 e. The zero-order valence-corrected chi connectivity index (χ0v) is 13.5. The summed E-state index contributed by atoms with van der Waals surface area (Å²) in [5, 5.41) is 3.23. The van der Waals surface area contributed by atoms with E-state index in [-0.39, 0.29) is 5.91 Å². The van der Waals surface area contributed by atoms with Gasteiger partial charge in [0.15, 0.2) is 0 Å². The van der Waals surface area contributed by atoms with Crippen molar-refractivity contribution < 1.29 is 4.79 Å². The predicted octanol–water partition coefficient (Wildman–Crippen LogP) is 4.70. The van der Waals surface area contributed by atoms with Crippen LogP contribution in [0.25, 0.3) is 0 Å². The van der Waals surface area contributed by atoms with E-state index in [4.69, 9.17) is 17.3 Å². The van der Waals surface area contributed by atoms with Crippen LogP contribution in [0.4, 0.5) is 11.4 Å². The van der Waals surface area contributed by atoms with Crippen molar-refractivity contribution in [3.63, 3.8) is 0 Å². The number of hydrogen-bond acceptors (Lipinski definition) is 2. The van der Waals surface area contributed by atoms with E-state index in [2.05, 4.69) is 37.2 Å². The quantitative estimate of drug-likeness (QED) is 0.713. The maximum atomic E-state index is 12.1. The van der Waals surface area contributed by atoms with Gasteiger partial charge in [0.05, 0.1) is 16.3 Å². The Bertz CT molecular complexity index is 647. The molecule has 0 unspecified atom stereocenters. The minimum Gasteiger partial charge on any atom is -0.397 e. The normalized spacial score (nSPS) is 10.3. The summed E-state index contributed by atoms with van der Waals surface area (Å²) in [4.78, 5) is 12.1. The van der Waals surface area contributed by atoms with E-state index in [1.165, 1.54) is 0 Å². The summed E-state index contributed by atoms with van der Waals surface area (Å²) >= 11 is 12.5. The van der Waals surface area contributed by atoms with Gasteiger partial charge in [-0.3, -0.25) is 4.79 Å². The Hall–Kier alpha value is -1.04. The average Bonchev–Trinajstić information content (AvgIpc) is 2.36. The van der Waals surface area contributed by atoms with E-state index in [1.807, 2.05) is 6.07 Å². The van der Waals surface area contributed by atoms with Crippen LogP contribution in [0.2, 0.25) is 5.02 Å². The van der Waals surface area contributed by atoms with Crippen molar-refractivity contribution in [3.8, 4) is 0 Å². The SMILES string of the molecule is Nc1cc(NC(=O)c2cc(Br)ccc2Br)ccc1Cl. The summed E-state index contributed by atoms with van der Waals surface area (Å²) in [5.41, 5.74) is 7.24. The van der Waals surface area contributed by atoms with Crippen molar-refractivity contribution in [2.24, 2.45) is 0 Å². The number of halogens is 3. The van der Waals surface area contributed by atoms with E-state index in [0.29, 0.717) is 22.0 Å². The molecule has 0 spiro atoms. The number of rotatable bonds is 2. The van der Waals surface area contributed by atoms with Crippen LogP contribution in [-0.2, 0) is 0 Å². The van der Waals surface area contributed by atoms with Gasteiger partial charge >= 0.3 is 0 Å². The predicted molar refractivity (Wildman–Crippen MR) is 85.7 cm³/mol. The number of anilines is 2. The molecule has 2 aromatic carbocycles. The van der Waals surface area contributed by atoms with Gasteiger partial charge in [-0.15, -0.1) is 0 Å². The van der Waals surface area contributed by atoms with Crippen molar-refractivity contribution in [1.82, 2.24) is 0 Å². The molecule has 0 saturated carbocycles. The van der Waals surface area contributed by atoms with Crippen LogP contribution < -0.4 is 11.1 Å². The average molecular weight is 404 g/mol. The molecule has 98 valence electrons. The first-order chi connectivity index (χ1) is 8.97. The maximum Gasteiger partial charge on any atom is 0.256 e. The molecule has 0 bridgehead atoms. The molecule has 19 heavy (non-hydrogen) atoms. The van der Waals surface area contributed by atoms with Gasteiger partial charge in [0.2, 0.25) is 0 Å². The molecule has 0 fully saturated rings. The number of carbonyl (C=O) groups is 1. The van der Waals surface area contributed by atoms with Crippen molar-refractivity contribution in [3.05, 3.63) is 55.9 Å². The monoisotopic (exact) mass is 402 g/mol. The summed E-state index contributed by atoms with van der Waals surface area (Å²) in [5.74, 6) is -0.227. The molecular weight excluding hydrogens is 395 g/mol. The Labute approximate surface area is 132 Å². The number of carbonyl (C=O) groups excluding carboxylic acids is 1. The number of amides is 1. The lowest BCUT2D eigenvalue weighted by atomic mass is 10.2. The van der Waals surface area contributed by atoms with Crippen molar-refractivity contribution in [2.75, 3.05) is 11.1 Å². The van der Waals surface area contributed by atoms with Gasteiger partial charge in [-0.05, 0) is 52.3 Å². The summed E-state index contributed by atoms with van der Waals surface area (Å²) in [7, 11) is 0. The fourth-order valence-corrected chi connectivity index (χ4v) is 2.40. The zero-order valence-electron chi connectivity index (χ0n) is 9.58. The van der Waals surface area contributed by atoms with E-state index in [0.717, 1.165) is 8.95 Å². The highest BCUT2D eigenvalue weighted by Gasteiger charge is 2.11. The lowest BCUT2D eigenvalue weighted by molar-refractivity contribution is 0.102. The van der Waals surface area contributed by atoms with Gasteiger partial charge in [0, 0.05) is 14.6 Å². The highest BCUT2D eigenvalue weighted by atomic mass is 79.9. The summed E-state index contributed by atoms with van der Waals surface area (Å²) < 4.78 is 1.55. The summed E-state index contributed by atoms with van der Waals surface area (Å²) in [6.45, 7) is 0. The molecule has 0 heterocycles. The molecule has 2 aromatic rings. The first-order valence-corrected chi connectivity index (χ1v) is 7.25. The number of benzene rings is 2. The van der Waals surface area contributed by atoms with Gasteiger partial charge in [-0.25, -0.2) is 0 Å². The molecular formula is C13H9Br2ClN2O. The highest BCUT2D eigenvalue weighted by Crippen LogP contribution is 2.25. The molecule has 0 atom stereocenters. The fourth-order valence-electron chi connectivity index (χ4n) is 1.49. The van der Waals surface area contributed by atoms with Crippen LogP contribution in [0.3, 0.4) is 0 Å². The highest BCUT2D eigenvalue weighted by molar-refractivity contribution is 9.11. The third-order valence-corrected chi connectivity index (χ3v) is 3.96. The molecule has 0 saturated heterocycles. The molecule has 3 nitrogen and oxygen atoms in total. The number of nitrogens with one attached hydrogen (secondary N) is 1. The minimum absolute atomic E-state index is 0.227. The minimum atomic E-state index is -0.227. The lowest BCUT2D eigenvalue weighted by Crippen LogP contribution is -2.12. The van der Waals surface area contributed by atoms with Gasteiger partial charge in [0.25, 0.3) is 5.91 Å². The zero-order chi connectivity index (χ0) is 14.0. The van der Waals surface area contributed by atoms with Gasteiger partial charge in [-0.2, -0.15) is 0 Å². The third-order valence-electron chi connectivity index (χ3n) is 2.43. The number of hydrogen-bond donors (Lipinski definition) is 2. The first-order valence-electron chi connectivity index (χ1n) is 5.29. The van der Waals surface area contributed by atoms with E-state index >= 15 is 0 Å². The molecule has 3 N–H and O–H groups in total. The Kier molecular flexibility index (Phi) is 4.50. The largest absolute Gasteiger partial charge is 0.397 e. The van der Waals surface area contributed by atoms with Gasteiger partial charge < -0.3 is 11.1 Å². The van der Waals surface area contributed by atoms with Crippen molar-refractivity contribution in [1.29, 1.82) is 0 Å². The fraction of sp³-hybridized carbons (Fsp3) is 0. The molecule has 0 radical (unpaired) electrons. The van der Waals surface area contributed by atoms with Crippen LogP contribution >= 0.6 is 43.5 Å². The summed E-state index contributed by atoms with van der Waals surface area (Å²) in [6.07, 6.45) is 0. The van der Waals surface area contributed by atoms with E-state index < -0.39 is 0 Å². The van der Waals surface area contributed by atoms with Gasteiger partial charge in [0.1, 0.15) is 0 Å². The topological polar surface area (TPSA) is 55.1 Å². The Morgan fingerprint density at radius 3 is 2.58 bits per heavy atom. The maximum absolute atomic E-state index is 12.1. The summed E-state index contributed by atoms with van der Waals surface area (Å²) in [6, 6.07) is 10.3. The number of nitrogen functional groups attached to an aromatic ring is 1. The Morgan fingerprint density at radius 1 is 1.16 bits per heavy atom. The lowest BCUT2D eigenvalue weighted by Gasteiger charge is -2.08.